The largest absolute Gasteiger partial charge is 0.371 e. The van der Waals surface area contributed by atoms with Crippen molar-refractivity contribution in [3.63, 3.8) is 0 Å². The van der Waals surface area contributed by atoms with E-state index in [1.807, 2.05) is 30.3 Å². The number of anilines is 1. The van der Waals surface area contributed by atoms with Crippen molar-refractivity contribution in [1.82, 2.24) is 10.3 Å². The summed E-state index contributed by atoms with van der Waals surface area (Å²) in [5, 5.41) is 2.99. The zero-order valence-electron chi connectivity index (χ0n) is 14.8. The van der Waals surface area contributed by atoms with Crippen LogP contribution in [-0.2, 0) is 6.42 Å². The van der Waals surface area contributed by atoms with Crippen LogP contribution in [0.4, 0.5) is 5.69 Å². The summed E-state index contributed by atoms with van der Waals surface area (Å²) < 4.78 is 0. The third kappa shape index (κ3) is 5.31. The van der Waals surface area contributed by atoms with E-state index in [1.54, 1.807) is 6.20 Å². The van der Waals surface area contributed by atoms with Crippen LogP contribution in [0, 0.1) is 0 Å². The van der Waals surface area contributed by atoms with Gasteiger partial charge in [-0.2, -0.15) is 0 Å². The number of rotatable bonds is 6. The fraction of sp³-hybridized carbons (Fsp3) is 0.429. The van der Waals surface area contributed by atoms with E-state index in [9.17, 15) is 4.79 Å². The molecule has 1 aromatic carbocycles. The Morgan fingerprint density at radius 2 is 1.80 bits per heavy atom. The van der Waals surface area contributed by atoms with Gasteiger partial charge in [0.15, 0.2) is 0 Å². The topological polar surface area (TPSA) is 45.2 Å². The first-order valence-corrected chi connectivity index (χ1v) is 9.36. The molecule has 4 heteroatoms. The van der Waals surface area contributed by atoms with Gasteiger partial charge in [0, 0.05) is 31.5 Å². The number of pyridine rings is 1. The van der Waals surface area contributed by atoms with E-state index in [-0.39, 0.29) is 5.91 Å². The maximum Gasteiger partial charge on any atom is 0.269 e. The number of aromatic nitrogens is 1. The molecular formula is C21H27N3O. The third-order valence-electron chi connectivity index (χ3n) is 4.72. The average Bonchev–Trinajstić information content (AvgIpc) is 2.95. The van der Waals surface area contributed by atoms with Gasteiger partial charge in [0.2, 0.25) is 0 Å². The van der Waals surface area contributed by atoms with E-state index in [4.69, 9.17) is 0 Å². The summed E-state index contributed by atoms with van der Waals surface area (Å²) in [4.78, 5) is 19.0. The molecule has 0 unspecified atom stereocenters. The lowest BCUT2D eigenvalue weighted by Gasteiger charge is -2.22. The molecule has 0 saturated carbocycles. The lowest BCUT2D eigenvalue weighted by Crippen LogP contribution is -2.27. The molecule has 2 aromatic rings. The van der Waals surface area contributed by atoms with Crippen molar-refractivity contribution >= 4 is 11.6 Å². The standard InChI is InChI=1S/C21H27N3O/c25-21(23-13-8-11-18-9-4-3-5-10-18)20-17-19(12-14-22-20)24-15-6-1-2-7-16-24/h3-5,9-10,12,14,17H,1-2,6-8,11,13,15-16H2,(H,23,25). The Balaban J connectivity index is 1.50. The molecule has 1 aromatic heterocycles. The SMILES string of the molecule is O=C(NCCCc1ccccc1)c1cc(N2CCCCCC2)ccn1. The number of carbonyl (C=O) groups excluding carboxylic acids is 1. The lowest BCUT2D eigenvalue weighted by molar-refractivity contribution is 0.0948. The van der Waals surface area contributed by atoms with E-state index in [2.05, 4.69) is 27.3 Å². The highest BCUT2D eigenvalue weighted by atomic mass is 16.1. The molecule has 1 aliphatic rings. The predicted molar refractivity (Wildman–Crippen MR) is 102 cm³/mol. The summed E-state index contributed by atoms with van der Waals surface area (Å²) in [6.07, 6.45) is 8.71. The Bertz CT molecular complexity index is 664. The Morgan fingerprint density at radius 1 is 1.04 bits per heavy atom. The minimum Gasteiger partial charge on any atom is -0.371 e. The van der Waals surface area contributed by atoms with Crippen LogP contribution in [0.2, 0.25) is 0 Å². The Morgan fingerprint density at radius 3 is 2.56 bits per heavy atom. The highest BCUT2D eigenvalue weighted by Crippen LogP contribution is 2.19. The first kappa shape index (κ1) is 17.5. The van der Waals surface area contributed by atoms with Gasteiger partial charge < -0.3 is 10.2 Å². The molecule has 2 heterocycles. The first-order valence-electron chi connectivity index (χ1n) is 9.36. The number of nitrogens with zero attached hydrogens (tertiary/aromatic N) is 2. The van der Waals surface area contributed by atoms with Crippen molar-refractivity contribution in [3.8, 4) is 0 Å². The van der Waals surface area contributed by atoms with Gasteiger partial charge in [0.1, 0.15) is 5.69 Å². The highest BCUT2D eigenvalue weighted by Gasteiger charge is 2.13. The van der Waals surface area contributed by atoms with Gasteiger partial charge in [-0.3, -0.25) is 9.78 Å². The van der Waals surface area contributed by atoms with Crippen molar-refractivity contribution in [3.05, 3.63) is 59.9 Å². The zero-order chi connectivity index (χ0) is 17.3. The maximum atomic E-state index is 12.4. The molecule has 0 spiro atoms. The van der Waals surface area contributed by atoms with Gasteiger partial charge in [0.05, 0.1) is 0 Å². The van der Waals surface area contributed by atoms with Crippen LogP contribution in [0.5, 0.6) is 0 Å². The number of carbonyl (C=O) groups is 1. The molecule has 0 bridgehead atoms. The van der Waals surface area contributed by atoms with Crippen molar-refractivity contribution in [1.29, 1.82) is 0 Å². The molecule has 1 N–H and O–H groups in total. The van der Waals surface area contributed by atoms with E-state index in [1.165, 1.54) is 31.2 Å². The van der Waals surface area contributed by atoms with Gasteiger partial charge in [-0.05, 0) is 43.4 Å². The van der Waals surface area contributed by atoms with Crippen molar-refractivity contribution < 1.29 is 4.79 Å². The Hall–Kier alpha value is -2.36. The number of hydrogen-bond acceptors (Lipinski definition) is 3. The van der Waals surface area contributed by atoms with E-state index >= 15 is 0 Å². The minimum atomic E-state index is -0.0790. The van der Waals surface area contributed by atoms with Gasteiger partial charge in [-0.15, -0.1) is 0 Å². The lowest BCUT2D eigenvalue weighted by atomic mass is 10.1. The number of nitrogens with one attached hydrogen (secondary N) is 1. The van der Waals surface area contributed by atoms with Crippen LogP contribution < -0.4 is 10.2 Å². The third-order valence-corrected chi connectivity index (χ3v) is 4.72. The molecule has 1 amide bonds. The summed E-state index contributed by atoms with van der Waals surface area (Å²) in [5.41, 5.74) is 2.94. The average molecular weight is 337 g/mol. The maximum absolute atomic E-state index is 12.4. The minimum absolute atomic E-state index is 0.0790. The normalized spacial score (nSPS) is 14.8. The van der Waals surface area contributed by atoms with Crippen molar-refractivity contribution in [2.75, 3.05) is 24.5 Å². The van der Waals surface area contributed by atoms with Gasteiger partial charge >= 0.3 is 0 Å². The van der Waals surface area contributed by atoms with Crippen LogP contribution in [0.3, 0.4) is 0 Å². The molecular weight excluding hydrogens is 310 g/mol. The summed E-state index contributed by atoms with van der Waals surface area (Å²) >= 11 is 0. The molecule has 1 saturated heterocycles. The summed E-state index contributed by atoms with van der Waals surface area (Å²) in [5.74, 6) is -0.0790. The van der Waals surface area contributed by atoms with E-state index < -0.39 is 0 Å². The molecule has 4 nitrogen and oxygen atoms in total. The van der Waals surface area contributed by atoms with Crippen molar-refractivity contribution in [2.45, 2.75) is 38.5 Å². The molecule has 1 fully saturated rings. The van der Waals surface area contributed by atoms with Crippen LogP contribution in [0.15, 0.2) is 48.7 Å². The van der Waals surface area contributed by atoms with Crippen molar-refractivity contribution in [2.24, 2.45) is 0 Å². The summed E-state index contributed by atoms with van der Waals surface area (Å²) in [6.45, 7) is 2.81. The van der Waals surface area contributed by atoms with Crippen LogP contribution in [-0.4, -0.2) is 30.5 Å². The smallest absolute Gasteiger partial charge is 0.269 e. The summed E-state index contributed by atoms with van der Waals surface area (Å²) in [6, 6.07) is 14.3. The number of amides is 1. The van der Waals surface area contributed by atoms with E-state index in [0.717, 1.165) is 31.6 Å². The first-order chi connectivity index (χ1) is 12.3. The fourth-order valence-electron chi connectivity index (χ4n) is 3.30. The molecule has 25 heavy (non-hydrogen) atoms. The van der Waals surface area contributed by atoms with Gasteiger partial charge in [0.25, 0.3) is 5.91 Å². The quantitative estimate of drug-likeness (QED) is 0.815. The number of benzene rings is 1. The molecule has 132 valence electrons. The van der Waals surface area contributed by atoms with Crippen LogP contribution in [0.25, 0.3) is 0 Å². The predicted octanol–water partition coefficient (Wildman–Crippen LogP) is 3.82. The molecule has 0 atom stereocenters. The summed E-state index contributed by atoms with van der Waals surface area (Å²) in [7, 11) is 0. The van der Waals surface area contributed by atoms with Crippen LogP contribution in [0.1, 0.15) is 48.2 Å². The van der Waals surface area contributed by atoms with Crippen LogP contribution >= 0.6 is 0 Å². The highest BCUT2D eigenvalue weighted by molar-refractivity contribution is 5.93. The molecule has 0 aliphatic carbocycles. The molecule has 1 aliphatic heterocycles. The molecule has 0 radical (unpaired) electrons. The second-order valence-electron chi connectivity index (χ2n) is 6.65. The Kier molecular flexibility index (Phi) is 6.43. The monoisotopic (exact) mass is 337 g/mol. The second kappa shape index (κ2) is 9.21. The fourth-order valence-corrected chi connectivity index (χ4v) is 3.30. The Labute approximate surface area is 150 Å². The van der Waals surface area contributed by atoms with Gasteiger partial charge in [-0.1, -0.05) is 43.2 Å². The number of aryl methyl sites for hydroxylation is 1. The molecule has 3 rings (SSSR count). The zero-order valence-corrected chi connectivity index (χ0v) is 14.8. The van der Waals surface area contributed by atoms with Gasteiger partial charge in [-0.25, -0.2) is 0 Å². The number of hydrogen-bond donors (Lipinski definition) is 1. The second-order valence-corrected chi connectivity index (χ2v) is 6.65. The van der Waals surface area contributed by atoms with E-state index in [0.29, 0.717) is 12.2 Å².